The van der Waals surface area contributed by atoms with Crippen LogP contribution in [0.1, 0.15) is 30.0 Å². The van der Waals surface area contributed by atoms with Crippen molar-refractivity contribution in [2.45, 2.75) is 33.7 Å². The first-order chi connectivity index (χ1) is 10.5. The van der Waals surface area contributed by atoms with E-state index in [1.54, 1.807) is 6.07 Å². The Labute approximate surface area is 142 Å². The number of halogens is 2. The van der Waals surface area contributed by atoms with Gasteiger partial charge >= 0.3 is 0 Å². The molecule has 22 heavy (non-hydrogen) atoms. The third-order valence-corrected chi connectivity index (χ3v) is 4.02. The van der Waals surface area contributed by atoms with Gasteiger partial charge in [0.2, 0.25) is 0 Å². The minimum absolute atomic E-state index is 0.554. The predicted molar refractivity (Wildman–Crippen MR) is 95.5 cm³/mol. The molecule has 0 spiro atoms. The Hall–Kier alpha value is -1.38. The first-order valence-corrected chi connectivity index (χ1v) is 8.18. The van der Waals surface area contributed by atoms with Gasteiger partial charge in [0.25, 0.3) is 0 Å². The van der Waals surface area contributed by atoms with Crippen LogP contribution in [0.4, 0.5) is 5.69 Å². The summed E-state index contributed by atoms with van der Waals surface area (Å²) in [5.74, 6) is 0.712. The van der Waals surface area contributed by atoms with Crippen LogP contribution in [0.3, 0.4) is 0 Å². The molecule has 0 fully saturated rings. The highest BCUT2D eigenvalue weighted by atomic mass is 35.5. The molecule has 118 valence electrons. The molecule has 2 aromatic carbocycles. The topological polar surface area (TPSA) is 21.3 Å². The molecule has 4 heteroatoms. The predicted octanol–water partition coefficient (Wildman–Crippen LogP) is 6.01. The van der Waals surface area contributed by atoms with Crippen molar-refractivity contribution >= 4 is 28.9 Å². The van der Waals surface area contributed by atoms with E-state index in [0.717, 1.165) is 17.7 Å². The molecular formula is C18H21Cl2NO. The fourth-order valence-corrected chi connectivity index (χ4v) is 2.75. The Kier molecular flexibility index (Phi) is 5.98. The van der Waals surface area contributed by atoms with Crippen LogP contribution in [0.15, 0.2) is 30.3 Å². The van der Waals surface area contributed by atoms with E-state index in [1.165, 1.54) is 11.1 Å². The smallest absolute Gasteiger partial charge is 0.142 e. The van der Waals surface area contributed by atoms with Crippen molar-refractivity contribution in [2.24, 2.45) is 0 Å². The van der Waals surface area contributed by atoms with Crippen molar-refractivity contribution in [3.8, 4) is 5.75 Å². The summed E-state index contributed by atoms with van der Waals surface area (Å²) >= 11 is 12.4. The molecule has 0 aromatic heterocycles. The second kappa shape index (κ2) is 7.75. The summed E-state index contributed by atoms with van der Waals surface area (Å²) in [5.41, 5.74) is 4.57. The van der Waals surface area contributed by atoms with Crippen LogP contribution in [0.2, 0.25) is 10.0 Å². The molecule has 0 saturated heterocycles. The standard InChI is InChI=1S/C18H21Cl2NO/c1-4-7-22-18-14(9-15(19)10-17(18)20)11-21-16-6-5-12(2)13(3)8-16/h5-6,8-10,21H,4,7,11H2,1-3H3. The molecular weight excluding hydrogens is 317 g/mol. The molecule has 0 bridgehead atoms. The lowest BCUT2D eigenvalue weighted by Crippen LogP contribution is -2.05. The van der Waals surface area contributed by atoms with E-state index < -0.39 is 0 Å². The van der Waals surface area contributed by atoms with Gasteiger partial charge in [-0.1, -0.05) is 36.2 Å². The molecule has 0 saturated carbocycles. The van der Waals surface area contributed by atoms with Gasteiger partial charge in [-0.25, -0.2) is 0 Å². The lowest BCUT2D eigenvalue weighted by atomic mass is 10.1. The van der Waals surface area contributed by atoms with E-state index in [-0.39, 0.29) is 0 Å². The van der Waals surface area contributed by atoms with Gasteiger partial charge in [-0.3, -0.25) is 0 Å². The zero-order chi connectivity index (χ0) is 16.1. The van der Waals surface area contributed by atoms with Gasteiger partial charge in [-0.15, -0.1) is 0 Å². The minimum atomic E-state index is 0.554. The summed E-state index contributed by atoms with van der Waals surface area (Å²) in [5, 5.41) is 4.57. The molecule has 2 rings (SSSR count). The Balaban J connectivity index is 2.18. The molecule has 2 nitrogen and oxygen atoms in total. The summed E-state index contributed by atoms with van der Waals surface area (Å²) in [7, 11) is 0. The Bertz CT molecular complexity index is 656. The summed E-state index contributed by atoms with van der Waals surface area (Å²) in [6.45, 7) is 7.52. The Morgan fingerprint density at radius 1 is 1.05 bits per heavy atom. The molecule has 0 aliphatic heterocycles. The molecule has 0 aliphatic rings. The normalized spacial score (nSPS) is 10.6. The zero-order valence-corrected chi connectivity index (χ0v) is 14.7. The lowest BCUT2D eigenvalue weighted by Gasteiger charge is -2.15. The van der Waals surface area contributed by atoms with Gasteiger partial charge in [-0.05, 0) is 55.7 Å². The third-order valence-electron chi connectivity index (χ3n) is 3.53. The average Bonchev–Trinajstić information content (AvgIpc) is 2.47. The van der Waals surface area contributed by atoms with Crippen molar-refractivity contribution < 1.29 is 4.74 Å². The van der Waals surface area contributed by atoms with Crippen molar-refractivity contribution in [1.29, 1.82) is 0 Å². The number of anilines is 1. The Morgan fingerprint density at radius 3 is 2.50 bits per heavy atom. The lowest BCUT2D eigenvalue weighted by molar-refractivity contribution is 0.314. The summed E-state index contributed by atoms with van der Waals surface area (Å²) in [6.07, 6.45) is 0.934. The third kappa shape index (κ3) is 4.31. The van der Waals surface area contributed by atoms with Crippen LogP contribution < -0.4 is 10.1 Å². The number of rotatable bonds is 6. The quantitative estimate of drug-likeness (QED) is 0.696. The Morgan fingerprint density at radius 2 is 1.82 bits per heavy atom. The van der Waals surface area contributed by atoms with Crippen LogP contribution >= 0.6 is 23.2 Å². The largest absolute Gasteiger partial charge is 0.492 e. The maximum Gasteiger partial charge on any atom is 0.142 e. The summed E-state index contributed by atoms with van der Waals surface area (Å²) in [6, 6.07) is 9.92. The highest BCUT2D eigenvalue weighted by Gasteiger charge is 2.11. The molecule has 2 aromatic rings. The number of hydrogen-bond donors (Lipinski definition) is 1. The number of aryl methyl sites for hydroxylation is 2. The van der Waals surface area contributed by atoms with E-state index in [2.05, 4.69) is 44.3 Å². The molecule has 0 radical (unpaired) electrons. The average molecular weight is 338 g/mol. The number of benzene rings is 2. The molecule has 1 N–H and O–H groups in total. The monoisotopic (exact) mass is 337 g/mol. The van der Waals surface area contributed by atoms with Crippen LogP contribution in [0.5, 0.6) is 5.75 Å². The van der Waals surface area contributed by atoms with Crippen molar-refractivity contribution in [2.75, 3.05) is 11.9 Å². The number of ether oxygens (including phenoxy) is 1. The number of nitrogens with one attached hydrogen (secondary N) is 1. The SMILES string of the molecule is CCCOc1c(Cl)cc(Cl)cc1CNc1ccc(C)c(C)c1. The van der Waals surface area contributed by atoms with E-state index in [0.29, 0.717) is 28.9 Å². The van der Waals surface area contributed by atoms with E-state index in [4.69, 9.17) is 27.9 Å². The van der Waals surface area contributed by atoms with E-state index in [9.17, 15) is 0 Å². The fourth-order valence-electron chi connectivity index (χ4n) is 2.16. The van der Waals surface area contributed by atoms with E-state index >= 15 is 0 Å². The van der Waals surface area contributed by atoms with Crippen molar-refractivity contribution in [3.05, 3.63) is 57.1 Å². The highest BCUT2D eigenvalue weighted by Crippen LogP contribution is 2.33. The first-order valence-electron chi connectivity index (χ1n) is 7.43. The number of hydrogen-bond acceptors (Lipinski definition) is 2. The van der Waals surface area contributed by atoms with Gasteiger partial charge in [-0.2, -0.15) is 0 Å². The first kappa shape index (κ1) is 17.0. The van der Waals surface area contributed by atoms with Gasteiger partial charge in [0.15, 0.2) is 0 Å². The van der Waals surface area contributed by atoms with Gasteiger partial charge in [0, 0.05) is 22.8 Å². The zero-order valence-electron chi connectivity index (χ0n) is 13.2. The second-order valence-electron chi connectivity index (χ2n) is 5.38. The van der Waals surface area contributed by atoms with Gasteiger partial charge in [0.05, 0.1) is 11.6 Å². The highest BCUT2D eigenvalue weighted by molar-refractivity contribution is 6.35. The summed E-state index contributed by atoms with van der Waals surface area (Å²) < 4.78 is 5.77. The van der Waals surface area contributed by atoms with Gasteiger partial charge < -0.3 is 10.1 Å². The van der Waals surface area contributed by atoms with Crippen LogP contribution in [0, 0.1) is 13.8 Å². The maximum absolute atomic E-state index is 6.26. The van der Waals surface area contributed by atoms with Gasteiger partial charge in [0.1, 0.15) is 5.75 Å². The fraction of sp³-hybridized carbons (Fsp3) is 0.333. The molecule has 0 heterocycles. The van der Waals surface area contributed by atoms with Crippen LogP contribution in [-0.4, -0.2) is 6.61 Å². The van der Waals surface area contributed by atoms with Crippen molar-refractivity contribution in [3.63, 3.8) is 0 Å². The maximum atomic E-state index is 6.26. The van der Waals surface area contributed by atoms with E-state index in [1.807, 2.05) is 6.07 Å². The van der Waals surface area contributed by atoms with Crippen LogP contribution in [-0.2, 0) is 6.54 Å². The summed E-state index contributed by atoms with van der Waals surface area (Å²) in [4.78, 5) is 0. The second-order valence-corrected chi connectivity index (χ2v) is 6.22. The van der Waals surface area contributed by atoms with Crippen LogP contribution in [0.25, 0.3) is 0 Å². The molecule has 0 atom stereocenters. The molecule has 0 aliphatic carbocycles. The van der Waals surface area contributed by atoms with Crippen molar-refractivity contribution in [1.82, 2.24) is 0 Å². The molecule has 0 amide bonds. The molecule has 0 unspecified atom stereocenters. The minimum Gasteiger partial charge on any atom is -0.492 e.